The number of rotatable bonds is 29. The smallest absolute Gasteiger partial charge is 0.124 e. The van der Waals surface area contributed by atoms with Crippen molar-refractivity contribution in [2.24, 2.45) is 0 Å². The number of benzene rings is 5. The molecule has 0 saturated carbocycles. The van der Waals surface area contributed by atoms with E-state index in [1.54, 1.807) is 0 Å². The minimum Gasteiger partial charge on any atom is -0.236 e. The van der Waals surface area contributed by atoms with Gasteiger partial charge in [0.2, 0.25) is 0 Å². The number of aromatic nitrogens is 1. The topological polar surface area (TPSA) is 12.9 Å². The normalized spacial score (nSPS) is 13.6. The van der Waals surface area contributed by atoms with Crippen molar-refractivity contribution in [1.82, 2.24) is 4.98 Å². The molecule has 1 aromatic heterocycles. The van der Waals surface area contributed by atoms with Gasteiger partial charge in [0.15, 0.2) is 0 Å². The van der Waals surface area contributed by atoms with E-state index in [1.807, 2.05) is 11.3 Å². The van der Waals surface area contributed by atoms with E-state index in [1.165, 1.54) is 235 Å². The Morgan fingerprint density at radius 1 is 0.408 bits per heavy atom. The van der Waals surface area contributed by atoms with E-state index in [0.717, 1.165) is 27.2 Å². The number of thiazole rings is 1. The maximum absolute atomic E-state index is 6.13. The van der Waals surface area contributed by atoms with Gasteiger partial charge in [-0.1, -0.05) is 242 Å². The monoisotopic (exact) mass is 960 g/mol. The fourth-order valence-corrected chi connectivity index (χ4v) is 13.6. The Kier molecular flexibility index (Phi) is 19.3. The zero-order valence-corrected chi connectivity index (χ0v) is 45.3. The fourth-order valence-electron chi connectivity index (χ4n) is 12.7. The van der Waals surface area contributed by atoms with Crippen molar-refractivity contribution >= 4 is 21.6 Å². The van der Waals surface area contributed by atoms with Crippen LogP contribution in [0.2, 0.25) is 0 Å². The molecular formula is C69H85NS. The highest BCUT2D eigenvalue weighted by Gasteiger charge is 2.44. The van der Waals surface area contributed by atoms with Crippen LogP contribution in [0.25, 0.3) is 43.0 Å². The summed E-state index contributed by atoms with van der Waals surface area (Å²) in [6.45, 7) is 9.29. The lowest BCUT2D eigenvalue weighted by molar-refractivity contribution is 0.397. The molecule has 0 aliphatic heterocycles. The predicted octanol–water partition coefficient (Wildman–Crippen LogP) is 20.9. The zero-order valence-electron chi connectivity index (χ0n) is 44.5. The predicted molar refractivity (Wildman–Crippen MR) is 310 cm³/mol. The lowest BCUT2D eigenvalue weighted by atomic mass is 9.70. The van der Waals surface area contributed by atoms with Gasteiger partial charge in [-0.05, 0) is 125 Å². The first kappa shape index (κ1) is 52.4. The van der Waals surface area contributed by atoms with Crippen LogP contribution in [0.5, 0.6) is 0 Å². The molecule has 5 aromatic carbocycles. The van der Waals surface area contributed by atoms with Crippen LogP contribution in [0.15, 0.2) is 97.1 Å². The van der Waals surface area contributed by atoms with Gasteiger partial charge < -0.3 is 0 Å². The molecule has 2 heteroatoms. The Hall–Kier alpha value is -4.89. The first-order valence-electron chi connectivity index (χ1n) is 28.9. The van der Waals surface area contributed by atoms with Crippen molar-refractivity contribution in [3.05, 3.63) is 136 Å². The maximum Gasteiger partial charge on any atom is 0.124 e. The molecule has 2 aliphatic carbocycles. The Morgan fingerprint density at radius 2 is 0.775 bits per heavy atom. The summed E-state index contributed by atoms with van der Waals surface area (Å²) in [4.78, 5) is 5.18. The largest absolute Gasteiger partial charge is 0.236 e. The Balaban J connectivity index is 1.16. The lowest BCUT2D eigenvalue weighted by Crippen LogP contribution is -2.26. The van der Waals surface area contributed by atoms with Crippen LogP contribution >= 0.6 is 11.3 Å². The summed E-state index contributed by atoms with van der Waals surface area (Å²) in [5.74, 6) is 10.6. The van der Waals surface area contributed by atoms with Crippen LogP contribution in [0, 0.1) is 24.2 Å². The molecule has 1 nitrogen and oxygen atoms in total. The van der Waals surface area contributed by atoms with Gasteiger partial charge in [0.1, 0.15) is 5.01 Å². The van der Waals surface area contributed by atoms with Gasteiger partial charge in [-0.3, -0.25) is 0 Å². The van der Waals surface area contributed by atoms with Crippen molar-refractivity contribution in [1.29, 1.82) is 0 Å². The number of fused-ring (bicyclic) bond motifs is 7. The highest BCUT2D eigenvalue weighted by molar-refractivity contribution is 7.21. The number of para-hydroxylation sites is 1. The van der Waals surface area contributed by atoms with E-state index >= 15 is 0 Å². The standard InChI is InChI=1S/C69H85NS/c1-6-11-15-19-23-29-45-68(46-30-24-20-16-12-7-2)61-49-53(10-5)37-41-57(61)58-42-38-54(50-62(58)68)35-36-55-39-43-59-60-44-40-56(67-70-65-33-27-28-34-66(65)71-67)52-64(60)69(63(59)51-55,47-31-25-21-17-13-8-3)48-32-26-22-18-14-9-4/h5,27-28,33-34,37-44,49-52H,6-9,11-26,29-32,45-48H2,1-4H3. The first-order valence-corrected chi connectivity index (χ1v) is 29.7. The number of hydrogen-bond donors (Lipinski definition) is 0. The van der Waals surface area contributed by atoms with E-state index < -0.39 is 0 Å². The number of unbranched alkanes of at least 4 members (excludes halogenated alkanes) is 20. The second-order valence-electron chi connectivity index (χ2n) is 21.7. The molecule has 0 bridgehead atoms. The van der Waals surface area contributed by atoms with Crippen LogP contribution in [0.4, 0.5) is 0 Å². The van der Waals surface area contributed by atoms with Crippen LogP contribution in [0.1, 0.15) is 246 Å². The quantitative estimate of drug-likeness (QED) is 0.0337. The van der Waals surface area contributed by atoms with E-state index in [-0.39, 0.29) is 10.8 Å². The summed E-state index contributed by atoms with van der Waals surface area (Å²) in [6, 6.07) is 37.3. The van der Waals surface area contributed by atoms with Crippen LogP contribution in [-0.4, -0.2) is 4.98 Å². The van der Waals surface area contributed by atoms with Gasteiger partial charge in [0.05, 0.1) is 10.2 Å². The van der Waals surface area contributed by atoms with Gasteiger partial charge in [-0.15, -0.1) is 17.8 Å². The summed E-state index contributed by atoms with van der Waals surface area (Å²) in [6.07, 6.45) is 42.2. The maximum atomic E-state index is 6.13. The summed E-state index contributed by atoms with van der Waals surface area (Å²) in [5.41, 5.74) is 17.1. The Bertz CT molecular complexity index is 2700. The molecule has 0 saturated heterocycles. The van der Waals surface area contributed by atoms with E-state index in [4.69, 9.17) is 11.4 Å². The molecular weight excluding hydrogens is 875 g/mol. The van der Waals surface area contributed by atoms with Gasteiger partial charge in [-0.2, -0.15) is 0 Å². The molecule has 2 aliphatic rings. The highest BCUT2D eigenvalue weighted by Crippen LogP contribution is 2.57. The van der Waals surface area contributed by atoms with Crippen LogP contribution in [-0.2, 0) is 10.8 Å². The molecule has 1 heterocycles. The molecule has 0 atom stereocenters. The molecule has 0 fully saturated rings. The molecule has 0 amide bonds. The third-order valence-corrected chi connectivity index (χ3v) is 17.7. The minimum atomic E-state index is -0.0478. The van der Waals surface area contributed by atoms with Crippen LogP contribution in [0.3, 0.4) is 0 Å². The van der Waals surface area contributed by atoms with Crippen molar-refractivity contribution in [3.63, 3.8) is 0 Å². The Labute approximate surface area is 435 Å². The van der Waals surface area contributed by atoms with Crippen molar-refractivity contribution in [3.8, 4) is 57.0 Å². The molecule has 0 unspecified atom stereocenters. The summed E-state index contributed by atoms with van der Waals surface area (Å²) >= 11 is 1.83. The molecule has 0 spiro atoms. The van der Waals surface area contributed by atoms with E-state index in [9.17, 15) is 0 Å². The van der Waals surface area contributed by atoms with Gasteiger partial charge in [-0.25, -0.2) is 4.98 Å². The summed E-state index contributed by atoms with van der Waals surface area (Å²) in [7, 11) is 0. The third kappa shape index (κ3) is 12.3. The Morgan fingerprint density at radius 3 is 1.20 bits per heavy atom. The van der Waals surface area contributed by atoms with E-state index in [2.05, 4.69) is 143 Å². The SMILES string of the molecule is C#Cc1ccc2c(c1)C(CCCCCCCC)(CCCCCCCC)c1cc(C#Cc3ccc4c(c3)C(CCCCCCCC)(CCCCCCCC)c3cc(-c5nc6ccccc6s5)ccc3-4)ccc1-2. The third-order valence-electron chi connectivity index (χ3n) is 16.6. The summed E-state index contributed by atoms with van der Waals surface area (Å²) < 4.78 is 1.26. The summed E-state index contributed by atoms with van der Waals surface area (Å²) in [5, 5.41) is 1.13. The number of nitrogens with zero attached hydrogens (tertiary/aromatic N) is 1. The second-order valence-corrected chi connectivity index (χ2v) is 22.7. The average molecular weight is 961 g/mol. The average Bonchev–Trinajstić information content (AvgIpc) is 4.04. The zero-order chi connectivity index (χ0) is 49.3. The van der Waals surface area contributed by atoms with Gasteiger partial charge in [0, 0.05) is 33.1 Å². The van der Waals surface area contributed by atoms with Crippen molar-refractivity contribution in [2.75, 3.05) is 0 Å². The van der Waals surface area contributed by atoms with Gasteiger partial charge in [0.25, 0.3) is 0 Å². The molecule has 71 heavy (non-hydrogen) atoms. The molecule has 372 valence electrons. The molecule has 8 rings (SSSR count). The van der Waals surface area contributed by atoms with Crippen molar-refractivity contribution < 1.29 is 0 Å². The minimum absolute atomic E-state index is 0.0407. The first-order chi connectivity index (χ1) is 35.0. The highest BCUT2D eigenvalue weighted by atomic mass is 32.1. The van der Waals surface area contributed by atoms with Gasteiger partial charge >= 0.3 is 0 Å². The van der Waals surface area contributed by atoms with Crippen molar-refractivity contribution in [2.45, 2.75) is 218 Å². The molecule has 0 radical (unpaired) electrons. The number of terminal acetylenes is 1. The lowest BCUT2D eigenvalue weighted by Gasteiger charge is -2.33. The second kappa shape index (κ2) is 26.2. The fraction of sp³-hybridized carbons (Fsp3) is 0.493. The number of hydrogen-bond acceptors (Lipinski definition) is 2. The van der Waals surface area contributed by atoms with E-state index in [0.29, 0.717) is 0 Å². The van der Waals surface area contributed by atoms with Crippen LogP contribution < -0.4 is 0 Å². The molecule has 0 N–H and O–H groups in total. The molecule has 6 aromatic rings.